The molecular formula is C13H9F2NO3. The summed E-state index contributed by atoms with van der Waals surface area (Å²) in [5, 5.41) is 0. The van der Waals surface area contributed by atoms with Gasteiger partial charge < -0.3 is 14.2 Å². The molecule has 0 N–H and O–H groups in total. The molecule has 0 saturated carbocycles. The van der Waals surface area contributed by atoms with E-state index in [-0.39, 0.29) is 11.5 Å². The number of halogens is 2. The average molecular weight is 265 g/mol. The molecule has 6 heteroatoms. The van der Waals surface area contributed by atoms with Crippen LogP contribution >= 0.6 is 0 Å². The summed E-state index contributed by atoms with van der Waals surface area (Å²) in [5.41, 5.74) is 1.42. The predicted octanol–water partition coefficient (Wildman–Crippen LogP) is 3.08. The van der Waals surface area contributed by atoms with Crippen molar-refractivity contribution in [1.82, 2.24) is 4.98 Å². The SMILES string of the molecule is COc1cnccc1-c1ccc2c(c1)OC(F)(F)O2. The van der Waals surface area contributed by atoms with Gasteiger partial charge in [0, 0.05) is 11.8 Å². The number of methoxy groups -OCH3 is 1. The molecule has 2 heterocycles. The van der Waals surface area contributed by atoms with Crippen molar-refractivity contribution in [2.24, 2.45) is 0 Å². The summed E-state index contributed by atoms with van der Waals surface area (Å²) in [7, 11) is 1.52. The molecule has 4 nitrogen and oxygen atoms in total. The van der Waals surface area contributed by atoms with Crippen LogP contribution in [0.5, 0.6) is 17.2 Å². The van der Waals surface area contributed by atoms with Gasteiger partial charge in [-0.25, -0.2) is 0 Å². The lowest BCUT2D eigenvalue weighted by Crippen LogP contribution is -2.25. The molecule has 3 rings (SSSR count). The van der Waals surface area contributed by atoms with Crippen molar-refractivity contribution in [2.45, 2.75) is 6.29 Å². The van der Waals surface area contributed by atoms with E-state index in [1.54, 1.807) is 24.5 Å². The zero-order valence-electron chi connectivity index (χ0n) is 9.89. The van der Waals surface area contributed by atoms with Crippen LogP contribution in [-0.4, -0.2) is 18.4 Å². The lowest BCUT2D eigenvalue weighted by Gasteiger charge is -2.08. The molecule has 98 valence electrons. The van der Waals surface area contributed by atoms with Gasteiger partial charge in [-0.05, 0) is 23.8 Å². The van der Waals surface area contributed by atoms with Crippen LogP contribution < -0.4 is 14.2 Å². The summed E-state index contributed by atoms with van der Waals surface area (Å²) in [6.45, 7) is 0. The Morgan fingerprint density at radius 1 is 1.16 bits per heavy atom. The minimum absolute atomic E-state index is 0.00126. The number of ether oxygens (including phenoxy) is 3. The van der Waals surface area contributed by atoms with Crippen molar-refractivity contribution in [1.29, 1.82) is 0 Å². The maximum atomic E-state index is 12.9. The van der Waals surface area contributed by atoms with Crippen molar-refractivity contribution in [3.8, 4) is 28.4 Å². The highest BCUT2D eigenvalue weighted by atomic mass is 19.3. The van der Waals surface area contributed by atoms with Crippen LogP contribution in [0.2, 0.25) is 0 Å². The standard InChI is InChI=1S/C13H9F2NO3/c1-17-12-7-16-5-4-9(12)8-2-3-10-11(6-8)19-13(14,15)18-10/h2-7H,1H3. The van der Waals surface area contributed by atoms with Crippen LogP contribution in [0.4, 0.5) is 8.78 Å². The van der Waals surface area contributed by atoms with Gasteiger partial charge in [0.15, 0.2) is 11.5 Å². The summed E-state index contributed by atoms with van der Waals surface area (Å²) < 4.78 is 39.8. The van der Waals surface area contributed by atoms with E-state index < -0.39 is 6.29 Å². The van der Waals surface area contributed by atoms with Gasteiger partial charge in [0.1, 0.15) is 5.75 Å². The Hall–Kier alpha value is -2.37. The first-order valence-electron chi connectivity index (χ1n) is 5.47. The van der Waals surface area contributed by atoms with Gasteiger partial charge in [-0.3, -0.25) is 4.98 Å². The normalized spacial score (nSPS) is 15.3. The molecule has 0 fully saturated rings. The highest BCUT2D eigenvalue weighted by molar-refractivity contribution is 5.72. The third kappa shape index (κ3) is 2.05. The second-order valence-corrected chi connectivity index (χ2v) is 3.90. The highest BCUT2D eigenvalue weighted by Crippen LogP contribution is 2.43. The van der Waals surface area contributed by atoms with E-state index in [1.165, 1.54) is 19.2 Å². The molecule has 1 aliphatic rings. The minimum atomic E-state index is -3.61. The summed E-state index contributed by atoms with van der Waals surface area (Å²) in [5.74, 6) is 0.566. The minimum Gasteiger partial charge on any atom is -0.494 e. The first-order chi connectivity index (χ1) is 9.09. The molecule has 1 aromatic carbocycles. The Labute approximate surface area is 107 Å². The van der Waals surface area contributed by atoms with Crippen LogP contribution in [0, 0.1) is 0 Å². The molecule has 0 bridgehead atoms. The topological polar surface area (TPSA) is 40.6 Å². The van der Waals surface area contributed by atoms with Crippen LogP contribution in [0.1, 0.15) is 0 Å². The lowest BCUT2D eigenvalue weighted by molar-refractivity contribution is -0.286. The van der Waals surface area contributed by atoms with Crippen LogP contribution in [0.3, 0.4) is 0 Å². The molecule has 1 aromatic heterocycles. The van der Waals surface area contributed by atoms with E-state index in [1.807, 2.05) is 0 Å². The lowest BCUT2D eigenvalue weighted by atomic mass is 10.1. The maximum absolute atomic E-state index is 12.9. The number of fused-ring (bicyclic) bond motifs is 1. The smallest absolute Gasteiger partial charge is 0.494 e. The molecule has 0 aliphatic carbocycles. The number of nitrogens with zero attached hydrogens (tertiary/aromatic N) is 1. The Kier molecular flexibility index (Phi) is 2.51. The van der Waals surface area contributed by atoms with E-state index in [0.29, 0.717) is 11.3 Å². The van der Waals surface area contributed by atoms with Crippen LogP contribution in [0.15, 0.2) is 36.7 Å². The van der Waals surface area contributed by atoms with Crippen molar-refractivity contribution >= 4 is 0 Å². The number of pyridine rings is 1. The highest BCUT2D eigenvalue weighted by Gasteiger charge is 2.43. The Bertz CT molecular complexity index is 631. The molecular weight excluding hydrogens is 256 g/mol. The van der Waals surface area contributed by atoms with E-state index in [0.717, 1.165) is 5.56 Å². The van der Waals surface area contributed by atoms with Crippen LogP contribution in [0.25, 0.3) is 11.1 Å². The molecule has 0 radical (unpaired) electrons. The predicted molar refractivity (Wildman–Crippen MR) is 62.4 cm³/mol. The van der Waals surface area contributed by atoms with Crippen molar-refractivity contribution in [2.75, 3.05) is 7.11 Å². The molecule has 2 aromatic rings. The fraction of sp³-hybridized carbons (Fsp3) is 0.154. The molecule has 0 unspecified atom stereocenters. The number of rotatable bonds is 2. The van der Waals surface area contributed by atoms with Gasteiger partial charge >= 0.3 is 6.29 Å². The van der Waals surface area contributed by atoms with E-state index >= 15 is 0 Å². The molecule has 19 heavy (non-hydrogen) atoms. The number of aromatic nitrogens is 1. The maximum Gasteiger partial charge on any atom is 0.586 e. The molecule has 0 atom stereocenters. The van der Waals surface area contributed by atoms with Gasteiger partial charge in [-0.2, -0.15) is 0 Å². The Balaban J connectivity index is 2.05. The van der Waals surface area contributed by atoms with Gasteiger partial charge in [0.05, 0.1) is 13.3 Å². The quantitative estimate of drug-likeness (QED) is 0.836. The third-order valence-corrected chi connectivity index (χ3v) is 2.72. The number of hydrogen-bond donors (Lipinski definition) is 0. The average Bonchev–Trinajstić information content (AvgIpc) is 2.71. The first-order valence-corrected chi connectivity index (χ1v) is 5.47. The fourth-order valence-corrected chi connectivity index (χ4v) is 1.90. The van der Waals surface area contributed by atoms with Gasteiger partial charge in [0.25, 0.3) is 0 Å². The monoisotopic (exact) mass is 265 g/mol. The molecule has 0 amide bonds. The first kappa shape index (κ1) is 11.7. The second-order valence-electron chi connectivity index (χ2n) is 3.90. The van der Waals surface area contributed by atoms with Crippen molar-refractivity contribution in [3.05, 3.63) is 36.7 Å². The summed E-state index contributed by atoms with van der Waals surface area (Å²) in [4.78, 5) is 3.94. The third-order valence-electron chi connectivity index (χ3n) is 2.72. The summed E-state index contributed by atoms with van der Waals surface area (Å²) >= 11 is 0. The molecule has 0 spiro atoms. The summed E-state index contributed by atoms with van der Waals surface area (Å²) in [6, 6.07) is 6.30. The van der Waals surface area contributed by atoms with E-state index in [2.05, 4.69) is 14.5 Å². The van der Waals surface area contributed by atoms with Crippen molar-refractivity contribution in [3.63, 3.8) is 0 Å². The van der Waals surface area contributed by atoms with Gasteiger partial charge in [-0.15, -0.1) is 8.78 Å². The van der Waals surface area contributed by atoms with E-state index in [4.69, 9.17) is 4.74 Å². The zero-order chi connectivity index (χ0) is 13.5. The number of hydrogen-bond acceptors (Lipinski definition) is 4. The van der Waals surface area contributed by atoms with Gasteiger partial charge in [-0.1, -0.05) is 6.07 Å². The fourth-order valence-electron chi connectivity index (χ4n) is 1.90. The molecule has 1 aliphatic heterocycles. The second kappa shape index (κ2) is 4.08. The van der Waals surface area contributed by atoms with Crippen LogP contribution in [-0.2, 0) is 0 Å². The zero-order valence-corrected chi connectivity index (χ0v) is 9.89. The Morgan fingerprint density at radius 2 is 1.95 bits per heavy atom. The molecule has 0 saturated heterocycles. The van der Waals surface area contributed by atoms with Gasteiger partial charge in [0.2, 0.25) is 0 Å². The van der Waals surface area contributed by atoms with E-state index in [9.17, 15) is 8.78 Å². The number of benzene rings is 1. The summed E-state index contributed by atoms with van der Waals surface area (Å²) in [6.07, 6.45) is -0.463. The van der Waals surface area contributed by atoms with Crippen molar-refractivity contribution < 1.29 is 23.0 Å². The largest absolute Gasteiger partial charge is 0.586 e. The number of alkyl halides is 2. The Morgan fingerprint density at radius 3 is 2.74 bits per heavy atom.